The molecule has 7 heteroatoms. The van der Waals surface area contributed by atoms with Crippen molar-refractivity contribution in [2.75, 3.05) is 4.72 Å². The van der Waals surface area contributed by atoms with E-state index in [0.29, 0.717) is 5.39 Å². The van der Waals surface area contributed by atoms with Crippen LogP contribution >= 0.6 is 0 Å². The molecule has 3 nitrogen and oxygen atoms in total. The molecule has 0 unspecified atom stereocenters. The number of benzene rings is 3. The van der Waals surface area contributed by atoms with Crippen LogP contribution in [0.15, 0.2) is 66.7 Å². The Bertz CT molecular complexity index is 1060. The minimum Gasteiger partial charge on any atom is -0.276 e. The molecule has 3 aromatic carbocycles. The number of sulfonamides is 1. The van der Waals surface area contributed by atoms with Crippen LogP contribution in [0.4, 0.5) is 18.9 Å². The first-order valence-corrected chi connectivity index (χ1v) is 9.10. The van der Waals surface area contributed by atoms with Gasteiger partial charge < -0.3 is 0 Å². The van der Waals surface area contributed by atoms with E-state index in [-0.39, 0.29) is 5.69 Å². The van der Waals surface area contributed by atoms with E-state index in [1.165, 1.54) is 12.1 Å². The molecule has 0 amide bonds. The molecule has 0 radical (unpaired) electrons. The molecule has 0 aliphatic rings. The highest BCUT2D eigenvalue weighted by molar-refractivity contribution is 7.93. The summed E-state index contributed by atoms with van der Waals surface area (Å²) in [5.41, 5.74) is -3.61. The number of halogens is 3. The molecular formula is C19H14F3NO2S. The van der Waals surface area contributed by atoms with Gasteiger partial charge in [0.05, 0.1) is 0 Å². The average molecular weight is 377 g/mol. The van der Waals surface area contributed by atoms with Crippen molar-refractivity contribution < 1.29 is 21.6 Å². The van der Waals surface area contributed by atoms with E-state index >= 15 is 0 Å². The normalized spacial score (nSPS) is 12.6. The molecule has 0 fully saturated rings. The van der Waals surface area contributed by atoms with Gasteiger partial charge in [0.25, 0.3) is 0 Å². The fourth-order valence-electron chi connectivity index (χ4n) is 2.48. The zero-order valence-corrected chi connectivity index (χ0v) is 14.2. The van der Waals surface area contributed by atoms with E-state index < -0.39 is 15.5 Å². The predicted octanol–water partition coefficient (Wildman–Crippen LogP) is 5.27. The molecule has 0 aliphatic heterocycles. The number of rotatable bonds is 4. The Kier molecular flexibility index (Phi) is 4.73. The second-order valence-corrected chi connectivity index (χ2v) is 7.25. The fraction of sp³-hybridized carbons (Fsp3) is 0.0526. The van der Waals surface area contributed by atoms with Crippen LogP contribution < -0.4 is 4.72 Å². The van der Waals surface area contributed by atoms with Crippen molar-refractivity contribution in [1.29, 1.82) is 0 Å². The second-order valence-electron chi connectivity index (χ2n) is 5.58. The Hall–Kier alpha value is -2.80. The number of fused-ring (bicyclic) bond motifs is 1. The van der Waals surface area contributed by atoms with Crippen molar-refractivity contribution in [1.82, 2.24) is 0 Å². The standard InChI is InChI=1S/C19H14F3NO2S/c20-19(21,22)26(24,25)23-17-11-12-18-15(7-4-8-16(18)13-17)10-9-14-5-2-1-3-6-14/h1-13,23H/b10-9+. The number of nitrogens with one attached hydrogen (secondary N) is 1. The summed E-state index contributed by atoms with van der Waals surface area (Å²) in [7, 11) is -5.44. The number of anilines is 1. The van der Waals surface area contributed by atoms with Gasteiger partial charge in [-0.15, -0.1) is 0 Å². The highest BCUT2D eigenvalue weighted by Gasteiger charge is 2.46. The van der Waals surface area contributed by atoms with Crippen molar-refractivity contribution in [3.63, 3.8) is 0 Å². The van der Waals surface area contributed by atoms with Crippen LogP contribution in [0.5, 0.6) is 0 Å². The number of alkyl halides is 3. The molecule has 3 aromatic rings. The van der Waals surface area contributed by atoms with Crippen LogP contribution in [0.1, 0.15) is 11.1 Å². The summed E-state index contributed by atoms with van der Waals surface area (Å²) in [4.78, 5) is 0. The highest BCUT2D eigenvalue weighted by Crippen LogP contribution is 2.28. The smallest absolute Gasteiger partial charge is 0.276 e. The van der Waals surface area contributed by atoms with Crippen LogP contribution in [0.25, 0.3) is 22.9 Å². The van der Waals surface area contributed by atoms with Crippen LogP contribution in [-0.4, -0.2) is 13.9 Å². The Morgan fingerprint density at radius 3 is 2.27 bits per heavy atom. The van der Waals surface area contributed by atoms with E-state index in [4.69, 9.17) is 0 Å². The summed E-state index contributed by atoms with van der Waals surface area (Å²) in [6.07, 6.45) is 3.83. The quantitative estimate of drug-likeness (QED) is 0.630. The molecular weight excluding hydrogens is 363 g/mol. The molecule has 0 aliphatic carbocycles. The van der Waals surface area contributed by atoms with Crippen LogP contribution in [-0.2, 0) is 10.0 Å². The van der Waals surface area contributed by atoms with Crippen molar-refractivity contribution in [2.24, 2.45) is 0 Å². The summed E-state index contributed by atoms with van der Waals surface area (Å²) in [6.45, 7) is 0. The topological polar surface area (TPSA) is 46.2 Å². The molecule has 3 rings (SSSR count). The maximum atomic E-state index is 12.5. The van der Waals surface area contributed by atoms with E-state index in [1.807, 2.05) is 48.6 Å². The van der Waals surface area contributed by atoms with Gasteiger partial charge in [0, 0.05) is 5.69 Å². The molecule has 0 spiro atoms. The van der Waals surface area contributed by atoms with Crippen molar-refractivity contribution in [3.05, 3.63) is 77.9 Å². The van der Waals surface area contributed by atoms with Crippen molar-refractivity contribution in [3.8, 4) is 0 Å². The number of hydrogen-bond donors (Lipinski definition) is 1. The summed E-state index contributed by atoms with van der Waals surface area (Å²) < 4.78 is 61.5. The third kappa shape index (κ3) is 3.88. The summed E-state index contributed by atoms with van der Waals surface area (Å²) in [5, 5.41) is 1.43. The predicted molar refractivity (Wildman–Crippen MR) is 97.9 cm³/mol. The SMILES string of the molecule is O=S(=O)(Nc1ccc2c(/C=C/c3ccccc3)cccc2c1)C(F)(F)F. The molecule has 0 atom stereocenters. The second kappa shape index (κ2) is 6.84. The van der Waals surface area contributed by atoms with Crippen molar-refractivity contribution >= 4 is 38.6 Å². The van der Waals surface area contributed by atoms with Gasteiger partial charge in [-0.2, -0.15) is 21.6 Å². The van der Waals surface area contributed by atoms with Gasteiger partial charge in [0.1, 0.15) is 0 Å². The first-order valence-electron chi connectivity index (χ1n) is 7.61. The first kappa shape index (κ1) is 18.0. The maximum Gasteiger partial charge on any atom is 0.516 e. The lowest BCUT2D eigenvalue weighted by atomic mass is 10.0. The minimum atomic E-state index is -5.44. The minimum absolute atomic E-state index is 0.140. The Labute approximate surface area is 148 Å². The summed E-state index contributed by atoms with van der Waals surface area (Å²) in [5.74, 6) is 0. The molecule has 0 saturated heterocycles. The van der Waals surface area contributed by atoms with E-state index in [0.717, 1.165) is 16.5 Å². The monoisotopic (exact) mass is 377 g/mol. The Morgan fingerprint density at radius 1 is 0.846 bits per heavy atom. The van der Waals surface area contributed by atoms with E-state index in [9.17, 15) is 21.6 Å². The molecule has 1 N–H and O–H groups in total. The van der Waals surface area contributed by atoms with Gasteiger partial charge in [0.15, 0.2) is 0 Å². The van der Waals surface area contributed by atoms with E-state index in [1.54, 1.807) is 22.9 Å². The molecule has 0 aromatic heterocycles. The Balaban J connectivity index is 1.94. The third-order valence-electron chi connectivity index (χ3n) is 3.73. The lowest BCUT2D eigenvalue weighted by Crippen LogP contribution is -2.29. The fourth-order valence-corrected chi connectivity index (χ4v) is 3.03. The van der Waals surface area contributed by atoms with Gasteiger partial charge in [-0.05, 0) is 34.0 Å². The summed E-state index contributed by atoms with van der Waals surface area (Å²) in [6, 6.07) is 19.3. The van der Waals surface area contributed by atoms with Crippen LogP contribution in [0, 0.1) is 0 Å². The molecule has 134 valence electrons. The van der Waals surface area contributed by atoms with Crippen LogP contribution in [0.2, 0.25) is 0 Å². The zero-order chi connectivity index (χ0) is 18.8. The van der Waals surface area contributed by atoms with Crippen molar-refractivity contribution in [2.45, 2.75) is 5.51 Å². The molecule has 26 heavy (non-hydrogen) atoms. The third-order valence-corrected chi connectivity index (χ3v) is 4.84. The maximum absolute atomic E-state index is 12.5. The first-order chi connectivity index (χ1) is 12.3. The van der Waals surface area contributed by atoms with E-state index in [2.05, 4.69) is 0 Å². The zero-order valence-electron chi connectivity index (χ0n) is 13.4. The number of hydrogen-bond acceptors (Lipinski definition) is 2. The Morgan fingerprint density at radius 2 is 1.58 bits per heavy atom. The average Bonchev–Trinajstić information content (AvgIpc) is 2.59. The molecule has 0 bridgehead atoms. The van der Waals surface area contributed by atoms with Gasteiger partial charge in [0.2, 0.25) is 0 Å². The largest absolute Gasteiger partial charge is 0.516 e. The summed E-state index contributed by atoms with van der Waals surface area (Å²) >= 11 is 0. The van der Waals surface area contributed by atoms with Gasteiger partial charge in [-0.3, -0.25) is 4.72 Å². The molecule has 0 heterocycles. The van der Waals surface area contributed by atoms with Gasteiger partial charge in [-0.25, -0.2) is 0 Å². The molecule has 0 saturated carbocycles. The lowest BCUT2D eigenvalue weighted by Gasteiger charge is -2.11. The highest BCUT2D eigenvalue weighted by atomic mass is 32.2. The lowest BCUT2D eigenvalue weighted by molar-refractivity contribution is -0.0429. The van der Waals surface area contributed by atoms with Gasteiger partial charge >= 0.3 is 15.5 Å². The van der Waals surface area contributed by atoms with Crippen LogP contribution in [0.3, 0.4) is 0 Å². The van der Waals surface area contributed by atoms with Gasteiger partial charge in [-0.1, -0.05) is 66.7 Å².